The van der Waals surface area contributed by atoms with Crippen LogP contribution in [0.4, 0.5) is 0 Å². The van der Waals surface area contributed by atoms with Gasteiger partial charge in [-0.25, -0.2) is 0 Å². The molecule has 0 N–H and O–H groups in total. The molecule has 0 nitrogen and oxygen atoms in total. The van der Waals surface area contributed by atoms with Gasteiger partial charge in [-0.15, -0.1) is 0 Å². The van der Waals surface area contributed by atoms with Crippen LogP contribution in [-0.4, -0.2) is 0 Å². The van der Waals surface area contributed by atoms with Crippen molar-refractivity contribution in [2.24, 2.45) is 5.92 Å². The van der Waals surface area contributed by atoms with Crippen LogP contribution in [0.3, 0.4) is 0 Å². The van der Waals surface area contributed by atoms with Gasteiger partial charge in [0.1, 0.15) is 0 Å². The summed E-state index contributed by atoms with van der Waals surface area (Å²) in [6, 6.07) is 6.46. The third-order valence-electron chi connectivity index (χ3n) is 3.16. The van der Waals surface area contributed by atoms with E-state index in [4.69, 9.17) is 0 Å². The summed E-state index contributed by atoms with van der Waals surface area (Å²) in [5.74, 6) is 0.462. The van der Waals surface area contributed by atoms with E-state index in [1.165, 1.54) is 22.3 Å². The molecule has 17 heavy (non-hydrogen) atoms. The molecule has 0 aromatic heterocycles. The molecule has 0 unspecified atom stereocenters. The summed E-state index contributed by atoms with van der Waals surface area (Å²) in [6.45, 7) is 19.2. The molecule has 0 bridgehead atoms. The monoisotopic (exact) mass is 228 g/mol. The van der Waals surface area contributed by atoms with Crippen molar-refractivity contribution in [3.05, 3.63) is 48.0 Å². The molecule has 0 saturated heterocycles. The Morgan fingerprint density at radius 3 is 2.24 bits per heavy atom. The van der Waals surface area contributed by atoms with E-state index in [0.29, 0.717) is 5.92 Å². The van der Waals surface area contributed by atoms with Crippen molar-refractivity contribution in [1.82, 2.24) is 0 Å². The summed E-state index contributed by atoms with van der Waals surface area (Å²) in [5, 5.41) is 0. The zero-order chi connectivity index (χ0) is 13.2. The molecular weight excluding hydrogens is 204 g/mol. The Morgan fingerprint density at radius 2 is 1.82 bits per heavy atom. The van der Waals surface area contributed by atoms with Crippen molar-refractivity contribution < 1.29 is 0 Å². The van der Waals surface area contributed by atoms with Gasteiger partial charge in [-0.1, -0.05) is 72.1 Å². The van der Waals surface area contributed by atoms with Crippen molar-refractivity contribution in [2.75, 3.05) is 0 Å². The Balaban J connectivity index is 3.44. The lowest BCUT2D eigenvalue weighted by Crippen LogP contribution is -2.14. The molecular formula is C17H24. The summed E-state index contributed by atoms with van der Waals surface area (Å²) in [7, 11) is 0. The second-order valence-electron chi connectivity index (χ2n) is 5.90. The van der Waals surface area contributed by atoms with E-state index in [9.17, 15) is 0 Å². The third-order valence-corrected chi connectivity index (χ3v) is 3.16. The van der Waals surface area contributed by atoms with Crippen LogP contribution in [0.2, 0.25) is 0 Å². The normalized spacial score (nSPS) is 11.6. The number of rotatable bonds is 3. The van der Waals surface area contributed by atoms with E-state index >= 15 is 0 Å². The predicted octanol–water partition coefficient (Wildman–Crippen LogP) is 5.30. The first-order valence-electron chi connectivity index (χ1n) is 6.24. The minimum absolute atomic E-state index is 0.136. The largest absolute Gasteiger partial charge is 0.0984 e. The smallest absolute Gasteiger partial charge is 0.0126 e. The number of hydrogen-bond donors (Lipinski definition) is 0. The van der Waals surface area contributed by atoms with Crippen LogP contribution in [-0.2, 0) is 5.41 Å². The van der Waals surface area contributed by atoms with E-state index in [1.807, 2.05) is 6.08 Å². The number of allylic oxidation sites excluding steroid dienone is 1. The lowest BCUT2D eigenvalue weighted by Gasteiger charge is -2.25. The molecule has 1 rings (SSSR count). The van der Waals surface area contributed by atoms with Gasteiger partial charge in [0.05, 0.1) is 0 Å². The Hall–Kier alpha value is -1.30. The molecule has 0 spiro atoms. The maximum atomic E-state index is 4.21. The first-order chi connectivity index (χ1) is 7.79. The molecule has 0 aliphatic carbocycles. The molecule has 0 amide bonds. The molecule has 0 aliphatic heterocycles. The van der Waals surface area contributed by atoms with Crippen LogP contribution >= 0.6 is 0 Å². The number of benzene rings is 1. The zero-order valence-electron chi connectivity index (χ0n) is 11.8. The standard InChI is InChI=1S/C17H24/c1-8-14-15(13(4)12(2)3)10-9-11-16(14)17(5,6)7/h8-12H,1,4H2,2-3,5-7H3. The SMILES string of the molecule is C=Cc1c(C(=C)C(C)C)cccc1C(C)(C)C. The van der Waals surface area contributed by atoms with Crippen molar-refractivity contribution in [1.29, 1.82) is 0 Å². The fourth-order valence-electron chi connectivity index (χ4n) is 2.03. The van der Waals surface area contributed by atoms with E-state index < -0.39 is 0 Å². The Morgan fingerprint density at radius 1 is 1.24 bits per heavy atom. The number of hydrogen-bond acceptors (Lipinski definition) is 0. The highest BCUT2D eigenvalue weighted by Crippen LogP contribution is 2.33. The Labute approximate surface area is 106 Å². The van der Waals surface area contributed by atoms with Gasteiger partial charge in [0, 0.05) is 0 Å². The van der Waals surface area contributed by atoms with Crippen LogP contribution in [0.15, 0.2) is 31.4 Å². The highest BCUT2D eigenvalue weighted by Gasteiger charge is 2.19. The van der Waals surface area contributed by atoms with Crippen molar-refractivity contribution in [2.45, 2.75) is 40.0 Å². The maximum Gasteiger partial charge on any atom is -0.0126 e. The van der Waals surface area contributed by atoms with Gasteiger partial charge in [-0.05, 0) is 33.6 Å². The molecule has 0 radical (unpaired) electrons. The first kappa shape index (κ1) is 13.8. The van der Waals surface area contributed by atoms with E-state index in [2.05, 4.69) is 66.0 Å². The van der Waals surface area contributed by atoms with Crippen molar-refractivity contribution in [3.63, 3.8) is 0 Å². The second-order valence-corrected chi connectivity index (χ2v) is 5.90. The Bertz CT molecular complexity index is 428. The maximum absolute atomic E-state index is 4.21. The first-order valence-corrected chi connectivity index (χ1v) is 6.24. The highest BCUT2D eigenvalue weighted by molar-refractivity contribution is 5.75. The van der Waals surface area contributed by atoms with Gasteiger partial charge in [0.15, 0.2) is 0 Å². The minimum atomic E-state index is 0.136. The predicted molar refractivity (Wildman–Crippen MR) is 79.1 cm³/mol. The highest BCUT2D eigenvalue weighted by atomic mass is 14.2. The lowest BCUT2D eigenvalue weighted by atomic mass is 9.80. The van der Waals surface area contributed by atoms with Crippen LogP contribution < -0.4 is 0 Å². The van der Waals surface area contributed by atoms with Gasteiger partial charge in [0.25, 0.3) is 0 Å². The second kappa shape index (κ2) is 4.91. The molecule has 0 atom stereocenters. The van der Waals surface area contributed by atoms with Gasteiger partial charge < -0.3 is 0 Å². The summed E-state index contributed by atoms with van der Waals surface area (Å²) >= 11 is 0. The van der Waals surface area contributed by atoms with E-state index in [0.717, 1.165) is 0 Å². The molecule has 0 heterocycles. The summed E-state index contributed by atoms with van der Waals surface area (Å²) in [6.07, 6.45) is 1.96. The quantitative estimate of drug-likeness (QED) is 0.659. The van der Waals surface area contributed by atoms with Crippen LogP contribution in [0.25, 0.3) is 11.6 Å². The van der Waals surface area contributed by atoms with Gasteiger partial charge in [0.2, 0.25) is 0 Å². The topological polar surface area (TPSA) is 0 Å². The van der Waals surface area contributed by atoms with Crippen molar-refractivity contribution in [3.8, 4) is 0 Å². The van der Waals surface area contributed by atoms with Crippen molar-refractivity contribution >= 4 is 11.6 Å². The van der Waals surface area contributed by atoms with E-state index in [1.54, 1.807) is 0 Å². The summed E-state index contributed by atoms with van der Waals surface area (Å²) in [4.78, 5) is 0. The van der Waals surface area contributed by atoms with E-state index in [-0.39, 0.29) is 5.41 Å². The molecule has 0 fully saturated rings. The molecule has 92 valence electrons. The van der Waals surface area contributed by atoms with Crippen LogP contribution in [0, 0.1) is 5.92 Å². The third kappa shape index (κ3) is 2.88. The average molecular weight is 228 g/mol. The van der Waals surface area contributed by atoms with Gasteiger partial charge in [-0.3, -0.25) is 0 Å². The molecule has 0 saturated carbocycles. The summed E-state index contributed by atoms with van der Waals surface area (Å²) in [5.41, 5.74) is 5.13. The average Bonchev–Trinajstić information content (AvgIpc) is 2.25. The zero-order valence-corrected chi connectivity index (χ0v) is 11.8. The van der Waals surface area contributed by atoms with Crippen LogP contribution in [0.1, 0.15) is 51.3 Å². The van der Waals surface area contributed by atoms with Crippen LogP contribution in [0.5, 0.6) is 0 Å². The molecule has 1 aromatic carbocycles. The van der Waals surface area contributed by atoms with Gasteiger partial charge >= 0.3 is 0 Å². The summed E-state index contributed by atoms with van der Waals surface area (Å²) < 4.78 is 0. The molecule has 0 heteroatoms. The minimum Gasteiger partial charge on any atom is -0.0984 e. The Kier molecular flexibility index (Phi) is 3.98. The fourth-order valence-corrected chi connectivity index (χ4v) is 2.03. The fraction of sp³-hybridized carbons (Fsp3) is 0.412. The molecule has 1 aromatic rings. The van der Waals surface area contributed by atoms with Gasteiger partial charge in [-0.2, -0.15) is 0 Å². The lowest BCUT2D eigenvalue weighted by molar-refractivity contribution is 0.588. The molecule has 0 aliphatic rings.